The third kappa shape index (κ3) is 3.20. The van der Waals surface area contributed by atoms with Gasteiger partial charge in [-0.1, -0.05) is 0 Å². The molecule has 0 unspecified atom stereocenters. The van der Waals surface area contributed by atoms with Gasteiger partial charge in [0, 0.05) is 0 Å². The second-order valence-corrected chi connectivity index (χ2v) is 5.45. The number of nitrogens with one attached hydrogen (secondary N) is 1. The van der Waals surface area contributed by atoms with Crippen molar-refractivity contribution in [2.75, 3.05) is 5.43 Å². The van der Waals surface area contributed by atoms with E-state index in [4.69, 9.17) is 11.6 Å². The fourth-order valence-corrected chi connectivity index (χ4v) is 2.58. The Kier molecular flexibility index (Phi) is 3.78. The number of anilines is 1. The molecule has 3 nitrogen and oxygen atoms in total. The standard InChI is InChI=1S/C11H10ClN3Se/c1-8-7-16-11(14-8)15-13-6-9-2-4-10(12)5-3-9/h2-7H,1H3,(H,14,15). The Balaban J connectivity index is 1.97. The summed E-state index contributed by atoms with van der Waals surface area (Å²) in [6, 6.07) is 7.51. The van der Waals surface area contributed by atoms with E-state index in [1.807, 2.05) is 31.2 Å². The molecule has 0 aliphatic heterocycles. The van der Waals surface area contributed by atoms with Gasteiger partial charge in [0.25, 0.3) is 0 Å². The minimum atomic E-state index is 0.293. The molecule has 1 aromatic carbocycles. The summed E-state index contributed by atoms with van der Waals surface area (Å²) in [4.78, 5) is 6.41. The van der Waals surface area contributed by atoms with Crippen LogP contribution in [0.5, 0.6) is 0 Å². The van der Waals surface area contributed by atoms with Crippen LogP contribution in [0.2, 0.25) is 5.02 Å². The molecule has 2 aromatic rings. The second kappa shape index (κ2) is 5.30. The van der Waals surface area contributed by atoms with Gasteiger partial charge in [0.15, 0.2) is 0 Å². The van der Waals surface area contributed by atoms with E-state index in [0.717, 1.165) is 21.0 Å². The molecule has 0 atom stereocenters. The first-order valence-corrected chi connectivity index (χ1v) is 6.93. The van der Waals surface area contributed by atoms with E-state index in [0.29, 0.717) is 14.5 Å². The maximum atomic E-state index is 5.78. The van der Waals surface area contributed by atoms with Crippen LogP contribution in [0.3, 0.4) is 0 Å². The summed E-state index contributed by atoms with van der Waals surface area (Å²) in [5.41, 5.74) is 5.00. The third-order valence-corrected chi connectivity index (χ3v) is 3.93. The molecule has 0 radical (unpaired) electrons. The van der Waals surface area contributed by atoms with E-state index in [1.165, 1.54) is 0 Å². The predicted molar refractivity (Wildman–Crippen MR) is 68.6 cm³/mol. The monoisotopic (exact) mass is 299 g/mol. The zero-order valence-electron chi connectivity index (χ0n) is 8.64. The Morgan fingerprint density at radius 3 is 2.75 bits per heavy atom. The van der Waals surface area contributed by atoms with E-state index < -0.39 is 0 Å². The predicted octanol–water partition coefficient (Wildman–Crippen LogP) is 2.55. The molecule has 1 heterocycles. The first-order valence-electron chi connectivity index (χ1n) is 4.71. The molecule has 0 saturated carbocycles. The van der Waals surface area contributed by atoms with E-state index in [9.17, 15) is 0 Å². The topological polar surface area (TPSA) is 37.3 Å². The number of aryl methyl sites for hydroxylation is 1. The number of hydrogen-bond acceptors (Lipinski definition) is 3. The molecule has 0 spiro atoms. The van der Waals surface area contributed by atoms with Crippen LogP contribution >= 0.6 is 11.6 Å². The van der Waals surface area contributed by atoms with Crippen LogP contribution in [0.4, 0.5) is 4.69 Å². The van der Waals surface area contributed by atoms with Crippen LogP contribution in [0, 0.1) is 6.92 Å². The van der Waals surface area contributed by atoms with Crippen molar-refractivity contribution >= 4 is 37.0 Å². The van der Waals surface area contributed by atoms with Crippen molar-refractivity contribution in [3.63, 3.8) is 0 Å². The Morgan fingerprint density at radius 1 is 1.38 bits per heavy atom. The molecule has 5 heteroatoms. The van der Waals surface area contributed by atoms with Gasteiger partial charge in [0.05, 0.1) is 0 Å². The van der Waals surface area contributed by atoms with Gasteiger partial charge in [-0.05, 0) is 0 Å². The summed E-state index contributed by atoms with van der Waals surface area (Å²) < 4.78 is 0.940. The van der Waals surface area contributed by atoms with Crippen LogP contribution in [0.25, 0.3) is 0 Å². The second-order valence-electron chi connectivity index (χ2n) is 3.22. The number of nitrogens with zero attached hydrogens (tertiary/aromatic N) is 2. The van der Waals surface area contributed by atoms with Gasteiger partial charge in [0.1, 0.15) is 0 Å². The van der Waals surface area contributed by atoms with Crippen LogP contribution in [-0.4, -0.2) is 25.7 Å². The van der Waals surface area contributed by atoms with Crippen LogP contribution in [0.15, 0.2) is 34.3 Å². The Bertz CT molecular complexity index is 490. The summed E-state index contributed by atoms with van der Waals surface area (Å²) in [6.07, 6.45) is 1.75. The van der Waals surface area contributed by atoms with E-state index in [-0.39, 0.29) is 0 Å². The average Bonchev–Trinajstić information content (AvgIpc) is 2.67. The number of hydrazone groups is 1. The molecular formula is C11H10ClN3Se. The van der Waals surface area contributed by atoms with Gasteiger partial charge in [-0.25, -0.2) is 0 Å². The molecule has 82 valence electrons. The molecule has 2 rings (SSSR count). The molecule has 0 aliphatic carbocycles. The quantitative estimate of drug-likeness (QED) is 0.537. The van der Waals surface area contributed by atoms with Crippen molar-refractivity contribution in [3.05, 3.63) is 45.5 Å². The molecule has 0 amide bonds. The summed E-state index contributed by atoms with van der Waals surface area (Å²) in [6.45, 7) is 1.99. The van der Waals surface area contributed by atoms with Gasteiger partial charge in [0.2, 0.25) is 0 Å². The maximum absolute atomic E-state index is 5.78. The number of benzene rings is 1. The van der Waals surface area contributed by atoms with Crippen molar-refractivity contribution in [2.24, 2.45) is 5.10 Å². The van der Waals surface area contributed by atoms with Gasteiger partial charge in [-0.3, -0.25) is 0 Å². The number of rotatable bonds is 3. The molecular weight excluding hydrogens is 289 g/mol. The fraction of sp³-hybridized carbons (Fsp3) is 0.0909. The zero-order valence-corrected chi connectivity index (χ0v) is 11.1. The van der Waals surface area contributed by atoms with Gasteiger partial charge in [-0.2, -0.15) is 0 Å². The van der Waals surface area contributed by atoms with E-state index in [1.54, 1.807) is 6.21 Å². The van der Waals surface area contributed by atoms with Crippen molar-refractivity contribution in [1.29, 1.82) is 0 Å². The van der Waals surface area contributed by atoms with Crippen molar-refractivity contribution in [3.8, 4) is 0 Å². The SMILES string of the molecule is Cc1c[se]c(NN=Cc2ccc(Cl)cc2)n1. The van der Waals surface area contributed by atoms with Crippen LogP contribution in [-0.2, 0) is 0 Å². The van der Waals surface area contributed by atoms with Crippen LogP contribution < -0.4 is 5.43 Å². The van der Waals surface area contributed by atoms with Crippen LogP contribution in [0.1, 0.15) is 11.3 Å². The average molecular weight is 299 g/mol. The number of halogens is 1. The number of aromatic nitrogens is 1. The zero-order chi connectivity index (χ0) is 11.4. The van der Waals surface area contributed by atoms with Gasteiger partial charge < -0.3 is 0 Å². The first-order chi connectivity index (χ1) is 7.74. The van der Waals surface area contributed by atoms with Crippen molar-refractivity contribution in [2.45, 2.75) is 6.92 Å². The number of hydrogen-bond donors (Lipinski definition) is 1. The molecule has 1 N–H and O–H groups in total. The van der Waals surface area contributed by atoms with Crippen molar-refractivity contribution < 1.29 is 0 Å². The molecule has 1 aromatic heterocycles. The molecule has 0 bridgehead atoms. The van der Waals surface area contributed by atoms with Gasteiger partial charge in [-0.15, -0.1) is 0 Å². The fourth-order valence-electron chi connectivity index (χ4n) is 1.12. The molecule has 0 aliphatic rings. The Labute approximate surface area is 105 Å². The van der Waals surface area contributed by atoms with Crippen molar-refractivity contribution in [1.82, 2.24) is 4.98 Å². The summed E-state index contributed by atoms with van der Waals surface area (Å²) in [5.74, 6) is 0. The summed E-state index contributed by atoms with van der Waals surface area (Å²) >= 11 is 6.07. The summed E-state index contributed by atoms with van der Waals surface area (Å²) in [5, 5.41) is 4.85. The Morgan fingerprint density at radius 2 is 2.12 bits per heavy atom. The normalized spacial score (nSPS) is 10.9. The Hall–Kier alpha value is -1.09. The minimum absolute atomic E-state index is 0.293. The molecule has 16 heavy (non-hydrogen) atoms. The third-order valence-electron chi connectivity index (χ3n) is 1.86. The van der Waals surface area contributed by atoms with Gasteiger partial charge >= 0.3 is 105 Å². The van der Waals surface area contributed by atoms with E-state index >= 15 is 0 Å². The molecule has 0 saturated heterocycles. The first kappa shape index (κ1) is 11.4. The molecule has 0 fully saturated rings. The summed E-state index contributed by atoms with van der Waals surface area (Å²) in [7, 11) is 0. The van der Waals surface area contributed by atoms with E-state index in [2.05, 4.69) is 20.5 Å².